The molecule has 0 bridgehead atoms. The lowest BCUT2D eigenvalue weighted by Gasteiger charge is -2.25. The molecule has 162 valence electrons. The van der Waals surface area contributed by atoms with Gasteiger partial charge in [-0.2, -0.15) is 0 Å². The van der Waals surface area contributed by atoms with E-state index < -0.39 is 0 Å². The number of carbonyl (C=O) groups excluding carboxylic acids is 1. The van der Waals surface area contributed by atoms with Crippen LogP contribution in [0.15, 0.2) is 84.3 Å². The maximum absolute atomic E-state index is 13.2. The molecule has 0 aliphatic carbocycles. The Labute approximate surface area is 190 Å². The molecule has 0 aliphatic heterocycles. The first kappa shape index (κ1) is 21.7. The van der Waals surface area contributed by atoms with E-state index in [4.69, 9.17) is 0 Å². The van der Waals surface area contributed by atoms with E-state index in [2.05, 4.69) is 15.2 Å². The number of rotatable bonds is 7. The number of nitrogens with zero attached hydrogens (tertiary/aromatic N) is 5. The third kappa shape index (κ3) is 4.70. The van der Waals surface area contributed by atoms with Crippen LogP contribution in [0, 0.1) is 5.82 Å². The quantitative estimate of drug-likeness (QED) is 0.382. The van der Waals surface area contributed by atoms with Crippen LogP contribution in [0.5, 0.6) is 0 Å². The number of para-hydroxylation sites is 1. The summed E-state index contributed by atoms with van der Waals surface area (Å²) in [5.74, 6) is 0.500. The monoisotopic (exact) mass is 447 g/mol. The third-order valence-corrected chi connectivity index (χ3v) is 6.13. The van der Waals surface area contributed by atoms with E-state index in [1.165, 1.54) is 23.9 Å². The van der Waals surface area contributed by atoms with Crippen molar-refractivity contribution in [1.82, 2.24) is 24.6 Å². The summed E-state index contributed by atoms with van der Waals surface area (Å²) in [6.45, 7) is 1.92. The lowest BCUT2D eigenvalue weighted by atomic mass is 10.1. The zero-order valence-electron chi connectivity index (χ0n) is 17.7. The lowest BCUT2D eigenvalue weighted by molar-refractivity contribution is -0.128. The summed E-state index contributed by atoms with van der Waals surface area (Å²) >= 11 is 1.33. The molecule has 6 nitrogen and oxygen atoms in total. The highest BCUT2D eigenvalue weighted by atomic mass is 32.2. The minimum Gasteiger partial charge on any atom is -0.338 e. The molecule has 1 unspecified atom stereocenters. The standard InChI is InChI=1S/C24H22FN5OS/c1-17(18-10-12-20(25)13-11-18)29(2)22(31)16-32-24-28-27-23(19-7-6-14-26-15-19)30(24)21-8-4-3-5-9-21/h3-15,17H,16H2,1-2H3. The molecule has 0 saturated carbocycles. The number of halogens is 1. The largest absolute Gasteiger partial charge is 0.338 e. The van der Waals surface area contributed by atoms with E-state index in [1.807, 2.05) is 54.0 Å². The predicted octanol–water partition coefficient (Wildman–Crippen LogP) is 4.78. The second kappa shape index (κ2) is 9.74. The van der Waals surface area contributed by atoms with Gasteiger partial charge in [0.05, 0.1) is 11.8 Å². The minimum atomic E-state index is -0.296. The molecule has 2 aromatic heterocycles. The number of hydrogen-bond acceptors (Lipinski definition) is 5. The van der Waals surface area contributed by atoms with Crippen LogP contribution >= 0.6 is 11.8 Å². The molecule has 0 aliphatic rings. The Hall–Kier alpha value is -3.52. The number of amides is 1. The number of thioether (sulfide) groups is 1. The second-order valence-corrected chi connectivity index (χ2v) is 8.18. The highest BCUT2D eigenvalue weighted by molar-refractivity contribution is 7.99. The summed E-state index contributed by atoms with van der Waals surface area (Å²) in [6, 6.07) is 19.6. The predicted molar refractivity (Wildman–Crippen MR) is 123 cm³/mol. The molecule has 2 heterocycles. The van der Waals surface area contributed by atoms with E-state index in [-0.39, 0.29) is 23.5 Å². The summed E-state index contributed by atoms with van der Waals surface area (Å²) in [5.41, 5.74) is 2.61. The van der Waals surface area contributed by atoms with E-state index in [0.29, 0.717) is 11.0 Å². The van der Waals surface area contributed by atoms with Crippen molar-refractivity contribution in [3.63, 3.8) is 0 Å². The number of hydrogen-bond donors (Lipinski definition) is 0. The van der Waals surface area contributed by atoms with Crippen molar-refractivity contribution in [3.05, 3.63) is 90.5 Å². The van der Waals surface area contributed by atoms with Gasteiger partial charge in [-0.25, -0.2) is 4.39 Å². The van der Waals surface area contributed by atoms with Crippen LogP contribution in [0.3, 0.4) is 0 Å². The van der Waals surface area contributed by atoms with Gasteiger partial charge in [-0.3, -0.25) is 14.3 Å². The minimum absolute atomic E-state index is 0.0580. The zero-order chi connectivity index (χ0) is 22.5. The lowest BCUT2D eigenvalue weighted by Crippen LogP contribution is -2.31. The molecule has 4 rings (SSSR count). The third-order valence-electron chi connectivity index (χ3n) is 5.22. The number of pyridine rings is 1. The van der Waals surface area contributed by atoms with Gasteiger partial charge in [0.2, 0.25) is 5.91 Å². The van der Waals surface area contributed by atoms with Crippen LogP contribution in [0.2, 0.25) is 0 Å². The smallest absolute Gasteiger partial charge is 0.233 e. The Morgan fingerprint density at radius 1 is 1.06 bits per heavy atom. The summed E-state index contributed by atoms with van der Waals surface area (Å²) in [4.78, 5) is 18.7. The van der Waals surface area contributed by atoms with E-state index in [0.717, 1.165) is 16.8 Å². The molecular weight excluding hydrogens is 425 g/mol. The van der Waals surface area contributed by atoms with Crippen molar-refractivity contribution in [2.75, 3.05) is 12.8 Å². The van der Waals surface area contributed by atoms with Gasteiger partial charge >= 0.3 is 0 Å². The molecule has 2 aromatic carbocycles. The summed E-state index contributed by atoms with van der Waals surface area (Å²) in [5, 5.41) is 9.33. The van der Waals surface area contributed by atoms with Gasteiger partial charge in [-0.05, 0) is 48.9 Å². The van der Waals surface area contributed by atoms with Crippen molar-refractivity contribution >= 4 is 17.7 Å². The van der Waals surface area contributed by atoms with Crippen molar-refractivity contribution in [2.24, 2.45) is 0 Å². The zero-order valence-corrected chi connectivity index (χ0v) is 18.5. The van der Waals surface area contributed by atoms with Crippen LogP contribution in [0.25, 0.3) is 17.1 Å². The number of carbonyl (C=O) groups is 1. The molecule has 0 radical (unpaired) electrons. The van der Waals surface area contributed by atoms with Gasteiger partial charge in [-0.15, -0.1) is 10.2 Å². The average molecular weight is 448 g/mol. The highest BCUT2D eigenvalue weighted by Gasteiger charge is 2.21. The van der Waals surface area contributed by atoms with Gasteiger partial charge in [0.1, 0.15) is 5.82 Å². The Morgan fingerprint density at radius 3 is 2.50 bits per heavy atom. The van der Waals surface area contributed by atoms with Crippen LogP contribution in [-0.4, -0.2) is 43.4 Å². The van der Waals surface area contributed by atoms with Crippen molar-refractivity contribution in [2.45, 2.75) is 18.1 Å². The van der Waals surface area contributed by atoms with Gasteiger partial charge in [0.25, 0.3) is 0 Å². The first-order valence-corrected chi connectivity index (χ1v) is 11.1. The SMILES string of the molecule is CC(c1ccc(F)cc1)N(C)C(=O)CSc1nnc(-c2cccnc2)n1-c1ccccc1. The van der Waals surface area contributed by atoms with Crippen LogP contribution < -0.4 is 0 Å². The van der Waals surface area contributed by atoms with Gasteiger partial charge in [-0.1, -0.05) is 42.1 Å². The molecule has 0 N–H and O–H groups in total. The summed E-state index contributed by atoms with van der Waals surface area (Å²) in [7, 11) is 1.75. The Balaban J connectivity index is 1.55. The van der Waals surface area contributed by atoms with E-state index in [9.17, 15) is 9.18 Å². The molecule has 1 amide bonds. The number of benzene rings is 2. The summed E-state index contributed by atoms with van der Waals surface area (Å²) < 4.78 is 15.1. The Bertz CT molecular complexity index is 1180. The van der Waals surface area contributed by atoms with E-state index >= 15 is 0 Å². The highest BCUT2D eigenvalue weighted by Crippen LogP contribution is 2.28. The van der Waals surface area contributed by atoms with Gasteiger partial charge < -0.3 is 4.90 Å². The maximum Gasteiger partial charge on any atom is 0.233 e. The molecule has 1 atom stereocenters. The van der Waals surface area contributed by atoms with E-state index in [1.54, 1.807) is 36.5 Å². The Morgan fingerprint density at radius 2 is 1.81 bits per heavy atom. The molecule has 0 spiro atoms. The Kier molecular flexibility index (Phi) is 6.61. The van der Waals surface area contributed by atoms with Crippen molar-refractivity contribution in [1.29, 1.82) is 0 Å². The average Bonchev–Trinajstić information content (AvgIpc) is 3.27. The number of aromatic nitrogens is 4. The maximum atomic E-state index is 13.2. The molecule has 0 saturated heterocycles. The molecule has 0 fully saturated rings. The molecular formula is C24H22FN5OS. The van der Waals surface area contributed by atoms with Crippen LogP contribution in [-0.2, 0) is 4.79 Å². The first-order chi connectivity index (χ1) is 15.5. The second-order valence-electron chi connectivity index (χ2n) is 7.24. The normalized spacial score (nSPS) is 11.8. The fourth-order valence-corrected chi connectivity index (χ4v) is 4.14. The molecule has 32 heavy (non-hydrogen) atoms. The van der Waals surface area contributed by atoms with Crippen LogP contribution in [0.4, 0.5) is 4.39 Å². The molecule has 4 aromatic rings. The fourth-order valence-electron chi connectivity index (χ4n) is 3.26. The van der Waals surface area contributed by atoms with Crippen LogP contribution in [0.1, 0.15) is 18.5 Å². The fraction of sp³-hybridized carbons (Fsp3) is 0.167. The van der Waals surface area contributed by atoms with Crippen molar-refractivity contribution < 1.29 is 9.18 Å². The van der Waals surface area contributed by atoms with Gasteiger partial charge in [0, 0.05) is 30.7 Å². The van der Waals surface area contributed by atoms with Gasteiger partial charge in [0.15, 0.2) is 11.0 Å². The topological polar surface area (TPSA) is 63.9 Å². The van der Waals surface area contributed by atoms with Crippen molar-refractivity contribution in [3.8, 4) is 17.1 Å². The first-order valence-electron chi connectivity index (χ1n) is 10.1. The molecule has 8 heteroatoms. The summed E-state index contributed by atoms with van der Waals surface area (Å²) in [6.07, 6.45) is 3.44.